The summed E-state index contributed by atoms with van der Waals surface area (Å²) in [7, 11) is 0. The van der Waals surface area contributed by atoms with Crippen molar-refractivity contribution in [2.24, 2.45) is 0 Å². The molecule has 0 saturated carbocycles. The van der Waals surface area contributed by atoms with E-state index in [-0.39, 0.29) is 18.4 Å². The highest BCUT2D eigenvalue weighted by Crippen LogP contribution is 2.30. The molecule has 0 amide bonds. The van der Waals surface area contributed by atoms with Crippen LogP contribution in [0.15, 0.2) is 42.7 Å². The van der Waals surface area contributed by atoms with E-state index in [1.807, 2.05) is 41.8 Å². The molecule has 28 heavy (non-hydrogen) atoms. The largest absolute Gasteiger partial charge is 0.391 e. The van der Waals surface area contributed by atoms with Gasteiger partial charge in [-0.2, -0.15) is 0 Å². The summed E-state index contributed by atoms with van der Waals surface area (Å²) in [5, 5.41) is 14.0. The number of benzene rings is 2. The van der Waals surface area contributed by atoms with Gasteiger partial charge in [0.15, 0.2) is 5.78 Å². The second kappa shape index (κ2) is 8.03. The molecule has 0 aliphatic carbocycles. The first kappa shape index (κ1) is 19.1. The van der Waals surface area contributed by atoms with Gasteiger partial charge in [-0.3, -0.25) is 4.79 Å². The standard InChI is InChI=1S/C22H24ClN3O2/c1-14-18(15-4-2-5-16(23)10-15)7-8-20-22(14)25-13-26(20)12-17(27)11-19-21(28)6-3-9-24-19/h2,4-5,7-8,10,13,19,21,24,28H,3,6,9,11-12H2,1H3/t19-,21+/m1/s1. The third kappa shape index (κ3) is 3.83. The molecule has 2 heterocycles. The summed E-state index contributed by atoms with van der Waals surface area (Å²) < 4.78 is 1.89. The molecule has 4 rings (SSSR count). The lowest BCUT2D eigenvalue weighted by Gasteiger charge is -2.28. The van der Waals surface area contributed by atoms with Gasteiger partial charge in [-0.15, -0.1) is 0 Å². The van der Waals surface area contributed by atoms with Crippen LogP contribution in [0.4, 0.5) is 0 Å². The number of rotatable bonds is 5. The van der Waals surface area contributed by atoms with Crippen LogP contribution in [-0.4, -0.2) is 39.1 Å². The third-order valence-corrected chi connectivity index (χ3v) is 5.76. The van der Waals surface area contributed by atoms with Crippen molar-refractivity contribution in [1.82, 2.24) is 14.9 Å². The van der Waals surface area contributed by atoms with Crippen molar-refractivity contribution >= 4 is 28.4 Å². The van der Waals surface area contributed by atoms with Crippen molar-refractivity contribution in [3.63, 3.8) is 0 Å². The normalized spacial score (nSPS) is 19.8. The van der Waals surface area contributed by atoms with E-state index in [1.54, 1.807) is 6.33 Å². The van der Waals surface area contributed by atoms with Crippen molar-refractivity contribution in [3.8, 4) is 11.1 Å². The second-order valence-electron chi connectivity index (χ2n) is 7.50. The third-order valence-electron chi connectivity index (χ3n) is 5.52. The predicted octanol–water partition coefficient (Wildman–Crippen LogP) is 3.74. The van der Waals surface area contributed by atoms with Crippen molar-refractivity contribution in [2.75, 3.05) is 6.54 Å². The number of ketones is 1. The molecular formula is C22H24ClN3O2. The second-order valence-corrected chi connectivity index (χ2v) is 7.94. The molecule has 146 valence electrons. The molecule has 2 N–H and O–H groups in total. The number of carbonyl (C=O) groups is 1. The van der Waals surface area contributed by atoms with E-state index >= 15 is 0 Å². The van der Waals surface area contributed by atoms with E-state index in [4.69, 9.17) is 11.6 Å². The molecule has 5 nitrogen and oxygen atoms in total. The molecule has 1 aromatic heterocycles. The average Bonchev–Trinajstić information content (AvgIpc) is 3.07. The number of aliphatic hydroxyl groups is 1. The van der Waals surface area contributed by atoms with Gasteiger partial charge in [0.2, 0.25) is 0 Å². The van der Waals surface area contributed by atoms with Crippen molar-refractivity contribution in [3.05, 3.63) is 53.3 Å². The number of aromatic nitrogens is 2. The summed E-state index contributed by atoms with van der Waals surface area (Å²) in [5.74, 6) is 0.0920. The summed E-state index contributed by atoms with van der Waals surface area (Å²) in [6.45, 7) is 3.16. The van der Waals surface area contributed by atoms with E-state index in [0.717, 1.165) is 47.1 Å². The fourth-order valence-corrected chi connectivity index (χ4v) is 4.20. The van der Waals surface area contributed by atoms with Crippen LogP contribution < -0.4 is 5.32 Å². The highest BCUT2D eigenvalue weighted by molar-refractivity contribution is 6.30. The van der Waals surface area contributed by atoms with E-state index < -0.39 is 6.10 Å². The molecule has 1 saturated heterocycles. The molecule has 0 unspecified atom stereocenters. The lowest BCUT2D eigenvalue weighted by molar-refractivity contribution is -0.121. The molecule has 2 aromatic carbocycles. The van der Waals surface area contributed by atoms with Gasteiger partial charge >= 0.3 is 0 Å². The van der Waals surface area contributed by atoms with Crippen molar-refractivity contribution < 1.29 is 9.90 Å². The SMILES string of the molecule is Cc1c(-c2cccc(Cl)c2)ccc2c1ncn2CC(=O)C[C@H]1NCCC[C@@H]1O. The Morgan fingerprint density at radius 1 is 1.36 bits per heavy atom. The van der Waals surface area contributed by atoms with Crippen LogP contribution >= 0.6 is 11.6 Å². The average molecular weight is 398 g/mol. The van der Waals surface area contributed by atoms with Crippen LogP contribution in [0.25, 0.3) is 22.2 Å². The van der Waals surface area contributed by atoms with Crippen LogP contribution in [0.3, 0.4) is 0 Å². The Kier molecular flexibility index (Phi) is 5.49. The van der Waals surface area contributed by atoms with Gasteiger partial charge in [-0.05, 0) is 61.2 Å². The zero-order valence-corrected chi connectivity index (χ0v) is 16.6. The highest BCUT2D eigenvalue weighted by Gasteiger charge is 2.25. The van der Waals surface area contributed by atoms with Gasteiger partial charge in [0.25, 0.3) is 0 Å². The molecule has 1 aliphatic heterocycles. The Balaban J connectivity index is 1.56. The Labute approximate surface area is 169 Å². The summed E-state index contributed by atoms with van der Waals surface area (Å²) >= 11 is 6.14. The topological polar surface area (TPSA) is 67.2 Å². The van der Waals surface area contributed by atoms with Gasteiger partial charge < -0.3 is 15.0 Å². The van der Waals surface area contributed by atoms with Gasteiger partial charge in [0.05, 0.1) is 30.0 Å². The van der Waals surface area contributed by atoms with Gasteiger partial charge in [-0.1, -0.05) is 29.8 Å². The first-order valence-corrected chi connectivity index (χ1v) is 10.0. The number of aliphatic hydroxyl groups excluding tert-OH is 1. The van der Waals surface area contributed by atoms with E-state index in [2.05, 4.69) is 16.4 Å². The number of halogens is 1. The molecule has 1 fully saturated rings. The number of nitrogens with one attached hydrogen (secondary N) is 1. The number of hydrogen-bond acceptors (Lipinski definition) is 4. The van der Waals surface area contributed by atoms with E-state index in [9.17, 15) is 9.90 Å². The molecule has 0 spiro atoms. The molecule has 0 bridgehead atoms. The van der Waals surface area contributed by atoms with Gasteiger partial charge in [0.1, 0.15) is 0 Å². The van der Waals surface area contributed by atoms with Crippen LogP contribution in [0.5, 0.6) is 0 Å². The Bertz CT molecular complexity index is 1010. The molecular weight excluding hydrogens is 374 g/mol. The van der Waals surface area contributed by atoms with Crippen molar-refractivity contribution in [1.29, 1.82) is 0 Å². The maximum Gasteiger partial charge on any atom is 0.154 e. The molecule has 6 heteroatoms. The number of aryl methyl sites for hydroxylation is 1. The molecule has 2 atom stereocenters. The minimum atomic E-state index is -0.445. The Morgan fingerprint density at radius 2 is 2.21 bits per heavy atom. The fourth-order valence-electron chi connectivity index (χ4n) is 4.01. The summed E-state index contributed by atoms with van der Waals surface area (Å²) in [6.07, 6.45) is 3.32. The lowest BCUT2D eigenvalue weighted by Crippen LogP contribution is -2.46. The zero-order valence-electron chi connectivity index (χ0n) is 15.9. The van der Waals surface area contributed by atoms with Gasteiger partial charge in [0, 0.05) is 17.5 Å². The highest BCUT2D eigenvalue weighted by atomic mass is 35.5. The van der Waals surface area contributed by atoms with Crippen LogP contribution in [0.2, 0.25) is 5.02 Å². The molecule has 0 radical (unpaired) electrons. The van der Waals surface area contributed by atoms with E-state index in [0.29, 0.717) is 11.4 Å². The lowest BCUT2D eigenvalue weighted by atomic mass is 9.97. The number of carbonyl (C=O) groups excluding carboxylic acids is 1. The molecule has 3 aromatic rings. The Morgan fingerprint density at radius 3 is 3.00 bits per heavy atom. The minimum absolute atomic E-state index is 0.0920. The number of hydrogen-bond donors (Lipinski definition) is 2. The number of Topliss-reactive ketones (excluding diaryl/α,β-unsaturated/α-hetero) is 1. The minimum Gasteiger partial charge on any atom is -0.391 e. The monoisotopic (exact) mass is 397 g/mol. The maximum absolute atomic E-state index is 12.6. The van der Waals surface area contributed by atoms with Crippen LogP contribution in [0, 0.1) is 6.92 Å². The summed E-state index contributed by atoms with van der Waals surface area (Å²) in [6, 6.07) is 11.7. The summed E-state index contributed by atoms with van der Waals surface area (Å²) in [4.78, 5) is 17.1. The first-order valence-electron chi connectivity index (χ1n) is 9.66. The first-order chi connectivity index (χ1) is 13.5. The van der Waals surface area contributed by atoms with Gasteiger partial charge in [-0.25, -0.2) is 4.98 Å². The van der Waals surface area contributed by atoms with E-state index in [1.165, 1.54) is 0 Å². The number of imidazole rings is 1. The number of nitrogens with zero attached hydrogens (tertiary/aromatic N) is 2. The predicted molar refractivity (Wildman–Crippen MR) is 112 cm³/mol. The zero-order chi connectivity index (χ0) is 19.7. The van der Waals surface area contributed by atoms with Crippen LogP contribution in [0.1, 0.15) is 24.8 Å². The van der Waals surface area contributed by atoms with Crippen molar-refractivity contribution in [2.45, 2.75) is 44.9 Å². The molecule has 1 aliphatic rings. The van der Waals surface area contributed by atoms with Crippen LogP contribution in [-0.2, 0) is 11.3 Å². The fraction of sp³-hybridized carbons (Fsp3) is 0.364. The quantitative estimate of drug-likeness (QED) is 0.688. The summed E-state index contributed by atoms with van der Waals surface area (Å²) in [5.41, 5.74) is 5.03. The Hall–Kier alpha value is -2.21. The number of fused-ring (bicyclic) bond motifs is 1. The smallest absolute Gasteiger partial charge is 0.154 e. The maximum atomic E-state index is 12.6. The number of piperidine rings is 1.